The zero-order valence-corrected chi connectivity index (χ0v) is 8.18. The molecular formula is C11H19B. The first-order valence-electron chi connectivity index (χ1n) is 5.58. The summed E-state index contributed by atoms with van der Waals surface area (Å²) in [5.74, 6) is 2.18. The predicted molar refractivity (Wildman–Crippen MR) is 55.9 cm³/mol. The molecule has 0 saturated heterocycles. The molecule has 0 aliphatic heterocycles. The number of hydrogen-bond acceptors (Lipinski definition) is 0. The van der Waals surface area contributed by atoms with Crippen molar-refractivity contribution in [2.24, 2.45) is 11.8 Å². The van der Waals surface area contributed by atoms with E-state index in [1.54, 1.807) is 5.46 Å². The number of fused-ring (bicyclic) bond motifs is 1. The van der Waals surface area contributed by atoms with Gasteiger partial charge in [-0.25, -0.2) is 0 Å². The van der Waals surface area contributed by atoms with Crippen molar-refractivity contribution in [1.82, 2.24) is 0 Å². The zero-order valence-electron chi connectivity index (χ0n) is 8.18. The van der Waals surface area contributed by atoms with Crippen molar-refractivity contribution in [2.75, 3.05) is 0 Å². The van der Waals surface area contributed by atoms with Crippen molar-refractivity contribution in [3.63, 3.8) is 0 Å². The van der Waals surface area contributed by atoms with Crippen LogP contribution in [0.5, 0.6) is 0 Å². The van der Waals surface area contributed by atoms with E-state index in [1.165, 1.54) is 44.8 Å². The van der Waals surface area contributed by atoms with Gasteiger partial charge in [-0.15, -0.1) is 0 Å². The van der Waals surface area contributed by atoms with Gasteiger partial charge in [0.1, 0.15) is 0 Å². The summed E-state index contributed by atoms with van der Waals surface area (Å²) in [5.41, 5.74) is 1.78. The zero-order chi connectivity index (χ0) is 8.39. The van der Waals surface area contributed by atoms with Crippen molar-refractivity contribution < 1.29 is 0 Å². The summed E-state index contributed by atoms with van der Waals surface area (Å²) in [4.78, 5) is 0. The first kappa shape index (κ1) is 8.53. The molecule has 2 atom stereocenters. The van der Waals surface area contributed by atoms with Crippen LogP contribution >= 0.6 is 0 Å². The predicted octanol–water partition coefficient (Wildman–Crippen LogP) is 2.90. The minimum absolute atomic E-state index is 1.09. The standard InChI is InChI=1S/C11H19B/c1-2-6-12-11-7-9-4-3-5-10(9)8-11/h9-10H,2-8H2,1H3. The number of rotatable bonds is 2. The van der Waals surface area contributed by atoms with E-state index in [-0.39, 0.29) is 0 Å². The van der Waals surface area contributed by atoms with Gasteiger partial charge in [-0.2, -0.15) is 0 Å². The van der Waals surface area contributed by atoms with Crippen molar-refractivity contribution in [3.8, 4) is 0 Å². The fourth-order valence-corrected chi connectivity index (χ4v) is 2.92. The van der Waals surface area contributed by atoms with Gasteiger partial charge >= 0.3 is 76.0 Å². The summed E-state index contributed by atoms with van der Waals surface area (Å²) < 4.78 is 0. The van der Waals surface area contributed by atoms with Gasteiger partial charge in [-0.05, 0) is 0 Å². The van der Waals surface area contributed by atoms with Gasteiger partial charge in [-0.1, -0.05) is 0 Å². The van der Waals surface area contributed by atoms with Crippen molar-refractivity contribution in [3.05, 3.63) is 0 Å². The maximum absolute atomic E-state index is 2.51. The molecule has 0 aromatic rings. The van der Waals surface area contributed by atoms with Gasteiger partial charge in [0.2, 0.25) is 0 Å². The van der Waals surface area contributed by atoms with E-state index in [2.05, 4.69) is 13.8 Å². The fraction of sp³-hybridized carbons (Fsp3) is 0.909. The average molecular weight is 162 g/mol. The van der Waals surface area contributed by atoms with Crippen molar-refractivity contribution in [1.29, 1.82) is 0 Å². The summed E-state index contributed by atoms with van der Waals surface area (Å²) in [5, 5.41) is 0. The Kier molecular flexibility index (Phi) is 2.67. The summed E-state index contributed by atoms with van der Waals surface area (Å²) in [6.07, 6.45) is 10.1. The van der Waals surface area contributed by atoms with Gasteiger partial charge in [0.05, 0.1) is 0 Å². The molecule has 2 aliphatic rings. The third kappa shape index (κ3) is 1.65. The van der Waals surface area contributed by atoms with E-state index in [0.717, 1.165) is 11.8 Å². The Bertz CT molecular complexity index is 169. The second-order valence-electron chi connectivity index (χ2n) is 4.51. The molecule has 0 spiro atoms. The van der Waals surface area contributed by atoms with Crippen molar-refractivity contribution in [2.45, 2.75) is 51.8 Å². The van der Waals surface area contributed by atoms with Gasteiger partial charge in [0.15, 0.2) is 0 Å². The molecule has 0 aromatic heterocycles. The summed E-state index contributed by atoms with van der Waals surface area (Å²) >= 11 is 0. The molecule has 2 rings (SSSR count). The molecule has 0 aromatic carbocycles. The molecule has 0 bridgehead atoms. The van der Waals surface area contributed by atoms with Crippen molar-refractivity contribution >= 4 is 12.4 Å². The summed E-state index contributed by atoms with van der Waals surface area (Å²) in [6, 6.07) is 0. The molecule has 0 radical (unpaired) electrons. The van der Waals surface area contributed by atoms with Crippen LogP contribution in [0.25, 0.3) is 0 Å². The summed E-state index contributed by atoms with van der Waals surface area (Å²) in [7, 11) is 0. The van der Waals surface area contributed by atoms with Crippen LogP contribution in [0.1, 0.15) is 45.4 Å². The monoisotopic (exact) mass is 162 g/mol. The summed E-state index contributed by atoms with van der Waals surface area (Å²) in [6.45, 7) is 4.78. The molecule has 2 fully saturated rings. The third-order valence-electron chi connectivity index (χ3n) is 3.59. The molecule has 0 amide bonds. The second kappa shape index (κ2) is 3.76. The molecule has 2 unspecified atom stereocenters. The Balaban J connectivity index is 1.90. The quantitative estimate of drug-likeness (QED) is 0.547. The SMILES string of the molecule is CCCB=C1CC2CCCC2C1. The first-order chi connectivity index (χ1) is 5.90. The van der Waals surface area contributed by atoms with E-state index >= 15 is 0 Å². The molecule has 0 nitrogen and oxygen atoms in total. The molecule has 2 saturated carbocycles. The van der Waals surface area contributed by atoms with E-state index in [4.69, 9.17) is 0 Å². The van der Waals surface area contributed by atoms with Crippen LogP contribution in [-0.2, 0) is 0 Å². The Morgan fingerprint density at radius 3 is 2.50 bits per heavy atom. The minimum atomic E-state index is 1.09. The first-order valence-corrected chi connectivity index (χ1v) is 5.58. The molecule has 0 N–H and O–H groups in total. The Morgan fingerprint density at radius 1 is 1.25 bits per heavy atom. The molecular weight excluding hydrogens is 143 g/mol. The van der Waals surface area contributed by atoms with Crippen LogP contribution in [0.3, 0.4) is 0 Å². The van der Waals surface area contributed by atoms with Crippen LogP contribution in [0.15, 0.2) is 0 Å². The average Bonchev–Trinajstić information content (AvgIpc) is 2.58. The molecule has 1 heteroatoms. The van der Waals surface area contributed by atoms with Crippen LogP contribution in [0, 0.1) is 11.8 Å². The normalized spacial score (nSPS) is 33.6. The second-order valence-corrected chi connectivity index (χ2v) is 4.51. The Morgan fingerprint density at radius 2 is 1.92 bits per heavy atom. The fourth-order valence-electron chi connectivity index (χ4n) is 2.92. The Hall–Kier alpha value is -0.0651. The van der Waals surface area contributed by atoms with Crippen LogP contribution in [0.4, 0.5) is 0 Å². The molecule has 12 heavy (non-hydrogen) atoms. The van der Waals surface area contributed by atoms with Gasteiger partial charge in [-0.3, -0.25) is 0 Å². The molecule has 66 valence electrons. The van der Waals surface area contributed by atoms with Crippen LogP contribution in [-0.4, -0.2) is 12.4 Å². The molecule has 2 aliphatic carbocycles. The van der Waals surface area contributed by atoms with E-state index in [1.807, 2.05) is 0 Å². The van der Waals surface area contributed by atoms with E-state index in [9.17, 15) is 0 Å². The van der Waals surface area contributed by atoms with Crippen LogP contribution < -0.4 is 0 Å². The maximum atomic E-state index is 2.51. The molecule has 0 heterocycles. The van der Waals surface area contributed by atoms with Gasteiger partial charge < -0.3 is 0 Å². The number of hydrogen-bond donors (Lipinski definition) is 0. The van der Waals surface area contributed by atoms with Gasteiger partial charge in [0.25, 0.3) is 0 Å². The topological polar surface area (TPSA) is 0 Å². The third-order valence-corrected chi connectivity index (χ3v) is 3.59. The van der Waals surface area contributed by atoms with Crippen LogP contribution in [0.2, 0.25) is 6.32 Å². The Labute approximate surface area is 76.7 Å². The van der Waals surface area contributed by atoms with E-state index in [0.29, 0.717) is 0 Å². The van der Waals surface area contributed by atoms with E-state index < -0.39 is 0 Å². The van der Waals surface area contributed by atoms with Gasteiger partial charge in [0, 0.05) is 0 Å².